The van der Waals surface area contributed by atoms with Gasteiger partial charge in [-0.3, -0.25) is 4.98 Å². The summed E-state index contributed by atoms with van der Waals surface area (Å²) in [4.78, 5) is 9.02. The molecule has 0 atom stereocenters. The molecule has 0 fully saturated rings. The summed E-state index contributed by atoms with van der Waals surface area (Å²) in [6.07, 6.45) is 1.56. The molecule has 0 unspecified atom stereocenters. The highest BCUT2D eigenvalue weighted by Gasteiger charge is 2.05. The maximum Gasteiger partial charge on any atom is 0.0755 e. The minimum Gasteiger partial charge on any atom is -0.302 e. The van der Waals surface area contributed by atoms with E-state index < -0.39 is 0 Å². The van der Waals surface area contributed by atoms with E-state index in [2.05, 4.69) is 4.98 Å². The third-order valence-corrected chi connectivity index (χ3v) is 2.10. The van der Waals surface area contributed by atoms with Crippen molar-refractivity contribution in [2.75, 3.05) is 14.2 Å². The number of nitrogens with zero attached hydrogens (tertiary/aromatic N) is 2. The van der Waals surface area contributed by atoms with Crippen LogP contribution in [-0.2, 0) is 11.4 Å². The van der Waals surface area contributed by atoms with Gasteiger partial charge in [0.05, 0.1) is 29.4 Å². The molecule has 1 aromatic heterocycles. The minimum absolute atomic E-state index is 0.534. The molecule has 5 heteroatoms. The lowest BCUT2D eigenvalue weighted by Gasteiger charge is -2.13. The van der Waals surface area contributed by atoms with Crippen molar-refractivity contribution in [3.05, 3.63) is 28.0 Å². The zero-order valence-electron chi connectivity index (χ0n) is 7.42. The molecule has 0 aromatic carbocycles. The lowest BCUT2D eigenvalue weighted by atomic mass is 10.3. The molecule has 72 valence electrons. The van der Waals surface area contributed by atoms with E-state index in [1.807, 2.05) is 0 Å². The predicted octanol–water partition coefficient (Wildman–Crippen LogP) is 2.38. The number of halogens is 2. The quantitative estimate of drug-likeness (QED) is 0.732. The van der Waals surface area contributed by atoms with Crippen LogP contribution in [0.3, 0.4) is 0 Å². The maximum absolute atomic E-state index is 5.90. The van der Waals surface area contributed by atoms with Crippen LogP contribution in [0.4, 0.5) is 0 Å². The Hall–Kier alpha value is -0.350. The molecule has 1 heterocycles. The largest absolute Gasteiger partial charge is 0.302 e. The second-order valence-electron chi connectivity index (χ2n) is 2.55. The molecule has 3 nitrogen and oxygen atoms in total. The van der Waals surface area contributed by atoms with E-state index in [0.29, 0.717) is 16.6 Å². The first-order chi connectivity index (χ1) is 6.13. The summed E-state index contributed by atoms with van der Waals surface area (Å²) >= 11 is 11.6. The summed E-state index contributed by atoms with van der Waals surface area (Å²) in [6.45, 7) is 0.534. The molecule has 0 aliphatic rings. The minimum atomic E-state index is 0.534. The molecule has 0 aliphatic heterocycles. The van der Waals surface area contributed by atoms with Crippen molar-refractivity contribution in [2.45, 2.75) is 6.54 Å². The molecule has 0 aliphatic carbocycles. The van der Waals surface area contributed by atoms with Gasteiger partial charge in [-0.25, -0.2) is 0 Å². The molecule has 0 bridgehead atoms. The molecule has 0 radical (unpaired) electrons. The SMILES string of the molecule is CON(C)Cc1ncc(Cl)cc1Cl. The molecule has 1 aromatic rings. The van der Waals surface area contributed by atoms with Gasteiger partial charge in [-0.05, 0) is 6.07 Å². The van der Waals surface area contributed by atoms with Gasteiger partial charge in [-0.1, -0.05) is 23.2 Å². The summed E-state index contributed by atoms with van der Waals surface area (Å²) < 4.78 is 0. The van der Waals surface area contributed by atoms with Crippen molar-refractivity contribution in [1.29, 1.82) is 0 Å². The average molecular weight is 221 g/mol. The highest BCUT2D eigenvalue weighted by atomic mass is 35.5. The molecule has 0 saturated carbocycles. The van der Waals surface area contributed by atoms with E-state index in [-0.39, 0.29) is 0 Å². The molecular weight excluding hydrogens is 211 g/mol. The molecule has 13 heavy (non-hydrogen) atoms. The topological polar surface area (TPSA) is 25.4 Å². The normalized spacial score (nSPS) is 10.8. The first kappa shape index (κ1) is 10.7. The Kier molecular flexibility index (Phi) is 3.93. The van der Waals surface area contributed by atoms with Gasteiger partial charge in [0.2, 0.25) is 0 Å². The van der Waals surface area contributed by atoms with E-state index in [1.54, 1.807) is 31.5 Å². The number of hydroxylamine groups is 2. The Morgan fingerprint density at radius 2 is 2.23 bits per heavy atom. The van der Waals surface area contributed by atoms with Crippen molar-refractivity contribution in [3.8, 4) is 0 Å². The zero-order chi connectivity index (χ0) is 9.84. The Morgan fingerprint density at radius 3 is 2.77 bits per heavy atom. The van der Waals surface area contributed by atoms with Crippen LogP contribution in [0.5, 0.6) is 0 Å². The van der Waals surface area contributed by atoms with Crippen LogP contribution in [0.1, 0.15) is 5.69 Å². The van der Waals surface area contributed by atoms with Gasteiger partial charge in [-0.2, -0.15) is 5.06 Å². The van der Waals surface area contributed by atoms with Gasteiger partial charge in [0, 0.05) is 13.2 Å². The van der Waals surface area contributed by atoms with Crippen LogP contribution in [-0.4, -0.2) is 24.2 Å². The average Bonchev–Trinajstić information content (AvgIpc) is 2.09. The second-order valence-corrected chi connectivity index (χ2v) is 3.39. The van der Waals surface area contributed by atoms with Crippen LogP contribution < -0.4 is 0 Å². The summed E-state index contributed by atoms with van der Waals surface area (Å²) in [5.74, 6) is 0. The Balaban J connectivity index is 2.77. The monoisotopic (exact) mass is 220 g/mol. The maximum atomic E-state index is 5.90. The Labute approximate surface area is 87.2 Å². The number of hydrogen-bond acceptors (Lipinski definition) is 3. The molecular formula is C8H10Cl2N2O. The summed E-state index contributed by atoms with van der Waals surface area (Å²) in [6, 6.07) is 1.66. The number of hydrogen-bond donors (Lipinski definition) is 0. The van der Waals surface area contributed by atoms with Crippen LogP contribution >= 0.6 is 23.2 Å². The van der Waals surface area contributed by atoms with Crippen LogP contribution in [0.2, 0.25) is 10.0 Å². The van der Waals surface area contributed by atoms with E-state index in [0.717, 1.165) is 5.69 Å². The van der Waals surface area contributed by atoms with Crippen molar-refractivity contribution in [2.24, 2.45) is 0 Å². The zero-order valence-corrected chi connectivity index (χ0v) is 8.93. The van der Waals surface area contributed by atoms with Gasteiger partial charge >= 0.3 is 0 Å². The van der Waals surface area contributed by atoms with Crippen molar-refractivity contribution in [1.82, 2.24) is 10.0 Å². The van der Waals surface area contributed by atoms with Gasteiger partial charge in [-0.15, -0.1) is 0 Å². The third-order valence-electron chi connectivity index (χ3n) is 1.57. The highest BCUT2D eigenvalue weighted by Crippen LogP contribution is 2.19. The van der Waals surface area contributed by atoms with Crippen LogP contribution in [0.15, 0.2) is 12.3 Å². The van der Waals surface area contributed by atoms with Gasteiger partial charge in [0.25, 0.3) is 0 Å². The Bertz CT molecular complexity index is 293. The van der Waals surface area contributed by atoms with Crippen molar-refractivity contribution in [3.63, 3.8) is 0 Å². The van der Waals surface area contributed by atoms with E-state index in [1.165, 1.54) is 0 Å². The van der Waals surface area contributed by atoms with Crippen molar-refractivity contribution < 1.29 is 4.84 Å². The van der Waals surface area contributed by atoms with Crippen LogP contribution in [0.25, 0.3) is 0 Å². The first-order valence-electron chi connectivity index (χ1n) is 3.68. The summed E-state index contributed by atoms with van der Waals surface area (Å²) in [5.41, 5.74) is 0.746. The molecule has 1 rings (SSSR count). The Morgan fingerprint density at radius 1 is 1.54 bits per heavy atom. The molecule has 0 saturated heterocycles. The summed E-state index contributed by atoms with van der Waals surface area (Å²) in [7, 11) is 3.39. The third kappa shape index (κ3) is 3.12. The van der Waals surface area contributed by atoms with Crippen molar-refractivity contribution >= 4 is 23.2 Å². The van der Waals surface area contributed by atoms with Crippen LogP contribution in [0, 0.1) is 0 Å². The molecule has 0 spiro atoms. The standard InChI is InChI=1S/C8H10Cl2N2O/c1-12(13-2)5-8-7(10)3-6(9)4-11-8/h3-4H,5H2,1-2H3. The fourth-order valence-electron chi connectivity index (χ4n) is 0.835. The lowest BCUT2D eigenvalue weighted by molar-refractivity contribution is -0.117. The van der Waals surface area contributed by atoms with Gasteiger partial charge < -0.3 is 4.84 Å². The smallest absolute Gasteiger partial charge is 0.0755 e. The van der Waals surface area contributed by atoms with Gasteiger partial charge in [0.1, 0.15) is 0 Å². The van der Waals surface area contributed by atoms with E-state index >= 15 is 0 Å². The highest BCUT2D eigenvalue weighted by molar-refractivity contribution is 6.34. The van der Waals surface area contributed by atoms with E-state index in [9.17, 15) is 0 Å². The summed E-state index contributed by atoms with van der Waals surface area (Å²) in [5, 5.41) is 2.72. The number of aromatic nitrogens is 1. The van der Waals surface area contributed by atoms with E-state index in [4.69, 9.17) is 28.0 Å². The first-order valence-corrected chi connectivity index (χ1v) is 4.44. The number of pyridine rings is 1. The molecule has 0 N–H and O–H groups in total. The fraction of sp³-hybridized carbons (Fsp3) is 0.375. The fourth-order valence-corrected chi connectivity index (χ4v) is 1.27. The lowest BCUT2D eigenvalue weighted by Crippen LogP contribution is -2.16. The number of rotatable bonds is 3. The predicted molar refractivity (Wildman–Crippen MR) is 52.7 cm³/mol. The second kappa shape index (κ2) is 4.77. The van der Waals surface area contributed by atoms with Gasteiger partial charge in [0.15, 0.2) is 0 Å². The molecule has 0 amide bonds.